The van der Waals surface area contributed by atoms with Crippen molar-refractivity contribution in [2.45, 2.75) is 32.7 Å². The number of carbonyl (C=O) groups is 1. The number of carbonyl (C=O) groups excluding carboxylic acids is 1. The molecule has 2 atom stereocenters. The predicted octanol–water partition coefficient (Wildman–Crippen LogP) is 5.05. The SMILES string of the molecule is Cc1ccc(-c2csc3c(=O)[nH]c(N4CCC[C@@H](C(=O)N[C@H](C)c5ccccc5)C4)nc23)cc1. The summed E-state index contributed by atoms with van der Waals surface area (Å²) in [5.74, 6) is 0.429. The van der Waals surface area contributed by atoms with Crippen LogP contribution in [-0.4, -0.2) is 29.0 Å². The molecule has 7 heteroatoms. The Bertz CT molecular complexity index is 1360. The van der Waals surface area contributed by atoms with Crippen LogP contribution >= 0.6 is 11.3 Å². The summed E-state index contributed by atoms with van der Waals surface area (Å²) in [4.78, 5) is 35.8. The monoisotopic (exact) mass is 472 g/mol. The molecule has 3 heterocycles. The number of aromatic amines is 1. The largest absolute Gasteiger partial charge is 0.349 e. The number of anilines is 1. The summed E-state index contributed by atoms with van der Waals surface area (Å²) in [6, 6.07) is 18.2. The van der Waals surface area contributed by atoms with E-state index in [1.807, 2.05) is 47.5 Å². The van der Waals surface area contributed by atoms with Crippen molar-refractivity contribution in [2.24, 2.45) is 5.92 Å². The highest BCUT2D eigenvalue weighted by atomic mass is 32.1. The lowest BCUT2D eigenvalue weighted by molar-refractivity contribution is -0.125. The highest BCUT2D eigenvalue weighted by molar-refractivity contribution is 7.17. The molecule has 1 amide bonds. The molecule has 174 valence electrons. The zero-order chi connectivity index (χ0) is 23.7. The van der Waals surface area contributed by atoms with Crippen molar-refractivity contribution in [3.05, 3.63) is 81.5 Å². The summed E-state index contributed by atoms with van der Waals surface area (Å²) in [5.41, 5.74) is 4.88. The van der Waals surface area contributed by atoms with Crippen LogP contribution < -0.4 is 15.8 Å². The second-order valence-electron chi connectivity index (χ2n) is 9.01. The first-order valence-electron chi connectivity index (χ1n) is 11.7. The number of amides is 1. The van der Waals surface area contributed by atoms with Gasteiger partial charge < -0.3 is 10.2 Å². The minimum Gasteiger partial charge on any atom is -0.349 e. The van der Waals surface area contributed by atoms with Crippen LogP contribution in [0.5, 0.6) is 0 Å². The van der Waals surface area contributed by atoms with Gasteiger partial charge in [0.1, 0.15) is 4.70 Å². The molecular weight excluding hydrogens is 444 g/mol. The molecule has 0 bridgehead atoms. The van der Waals surface area contributed by atoms with Crippen molar-refractivity contribution < 1.29 is 4.79 Å². The van der Waals surface area contributed by atoms with E-state index in [4.69, 9.17) is 4.98 Å². The van der Waals surface area contributed by atoms with Gasteiger partial charge in [0.25, 0.3) is 5.56 Å². The van der Waals surface area contributed by atoms with Gasteiger partial charge in [0, 0.05) is 24.0 Å². The van der Waals surface area contributed by atoms with Gasteiger partial charge in [-0.1, -0.05) is 60.2 Å². The van der Waals surface area contributed by atoms with E-state index >= 15 is 0 Å². The molecule has 0 spiro atoms. The quantitative estimate of drug-likeness (QED) is 0.426. The van der Waals surface area contributed by atoms with Gasteiger partial charge in [0.05, 0.1) is 17.5 Å². The lowest BCUT2D eigenvalue weighted by Crippen LogP contribution is -2.44. The van der Waals surface area contributed by atoms with E-state index in [1.54, 1.807) is 0 Å². The Hall–Kier alpha value is -3.45. The molecule has 1 aliphatic rings. The Morgan fingerprint density at radius 2 is 1.94 bits per heavy atom. The third-order valence-electron chi connectivity index (χ3n) is 6.53. The van der Waals surface area contributed by atoms with Crippen LogP contribution in [0.1, 0.15) is 36.9 Å². The fourth-order valence-corrected chi connectivity index (χ4v) is 5.45. The Morgan fingerprint density at radius 1 is 1.18 bits per heavy atom. The van der Waals surface area contributed by atoms with Crippen molar-refractivity contribution in [2.75, 3.05) is 18.0 Å². The molecule has 6 nitrogen and oxygen atoms in total. The number of hydrogen-bond acceptors (Lipinski definition) is 5. The average molecular weight is 473 g/mol. The molecule has 0 aliphatic carbocycles. The van der Waals surface area contributed by atoms with Gasteiger partial charge in [0.2, 0.25) is 11.9 Å². The van der Waals surface area contributed by atoms with Gasteiger partial charge in [-0.05, 0) is 37.8 Å². The van der Waals surface area contributed by atoms with Crippen LogP contribution in [0.2, 0.25) is 0 Å². The number of aromatic nitrogens is 2. The molecule has 0 saturated carbocycles. The van der Waals surface area contributed by atoms with E-state index < -0.39 is 0 Å². The molecule has 5 rings (SSSR count). The highest BCUT2D eigenvalue weighted by Crippen LogP contribution is 2.32. The number of piperidine rings is 1. The van der Waals surface area contributed by atoms with Crippen molar-refractivity contribution in [1.29, 1.82) is 0 Å². The summed E-state index contributed by atoms with van der Waals surface area (Å²) >= 11 is 1.42. The molecule has 1 saturated heterocycles. The molecule has 2 aromatic carbocycles. The number of rotatable bonds is 5. The van der Waals surface area contributed by atoms with Gasteiger partial charge in [-0.25, -0.2) is 4.98 Å². The number of H-pyrrole nitrogens is 1. The summed E-state index contributed by atoms with van der Waals surface area (Å²) < 4.78 is 0.627. The number of thiophene rings is 1. The third-order valence-corrected chi connectivity index (χ3v) is 7.49. The summed E-state index contributed by atoms with van der Waals surface area (Å²) in [6.45, 7) is 5.35. The Labute approximate surface area is 202 Å². The van der Waals surface area contributed by atoms with Crippen LogP contribution in [0.15, 0.2) is 64.8 Å². The number of benzene rings is 2. The van der Waals surface area contributed by atoms with Crippen molar-refractivity contribution in [3.63, 3.8) is 0 Å². The van der Waals surface area contributed by atoms with E-state index in [1.165, 1.54) is 16.9 Å². The summed E-state index contributed by atoms with van der Waals surface area (Å²) in [5, 5.41) is 5.15. The Morgan fingerprint density at radius 3 is 2.71 bits per heavy atom. The van der Waals surface area contributed by atoms with Crippen LogP contribution in [-0.2, 0) is 4.79 Å². The first kappa shape index (κ1) is 22.3. The van der Waals surface area contributed by atoms with E-state index in [9.17, 15) is 9.59 Å². The summed E-state index contributed by atoms with van der Waals surface area (Å²) in [7, 11) is 0. The molecule has 2 N–H and O–H groups in total. The minimum absolute atomic E-state index is 0.0420. The van der Waals surface area contributed by atoms with E-state index in [0.717, 1.165) is 41.6 Å². The van der Waals surface area contributed by atoms with Gasteiger partial charge in [-0.15, -0.1) is 11.3 Å². The molecule has 1 fully saturated rings. The Balaban J connectivity index is 1.38. The highest BCUT2D eigenvalue weighted by Gasteiger charge is 2.28. The molecule has 0 radical (unpaired) electrons. The van der Waals surface area contributed by atoms with Gasteiger partial charge >= 0.3 is 0 Å². The van der Waals surface area contributed by atoms with Crippen LogP contribution in [0.3, 0.4) is 0 Å². The second-order valence-corrected chi connectivity index (χ2v) is 9.89. The standard InChI is InChI=1S/C27H28N4O2S/c1-17-10-12-20(13-11-17)22-16-34-24-23(22)29-27(30-26(24)33)31-14-6-9-21(15-31)25(32)28-18(2)19-7-4-3-5-8-19/h3-5,7-8,10-13,16,18,21H,6,9,14-15H2,1-2H3,(H,28,32)(H,29,30,33)/t18-,21-/m1/s1. The predicted molar refractivity (Wildman–Crippen MR) is 138 cm³/mol. The maximum Gasteiger partial charge on any atom is 0.270 e. The second kappa shape index (κ2) is 9.43. The minimum atomic E-state index is -0.153. The van der Waals surface area contributed by atoms with E-state index in [-0.39, 0.29) is 23.4 Å². The Kier molecular flexibility index (Phi) is 6.20. The number of hydrogen-bond donors (Lipinski definition) is 2. The topological polar surface area (TPSA) is 78.1 Å². The van der Waals surface area contributed by atoms with Crippen molar-refractivity contribution >= 4 is 33.4 Å². The van der Waals surface area contributed by atoms with Gasteiger partial charge in [-0.3, -0.25) is 14.6 Å². The average Bonchev–Trinajstić information content (AvgIpc) is 3.30. The molecule has 4 aromatic rings. The fourth-order valence-electron chi connectivity index (χ4n) is 4.54. The van der Waals surface area contributed by atoms with Crippen molar-refractivity contribution in [1.82, 2.24) is 15.3 Å². The van der Waals surface area contributed by atoms with Gasteiger partial charge in [0.15, 0.2) is 0 Å². The van der Waals surface area contributed by atoms with Crippen LogP contribution in [0.25, 0.3) is 21.3 Å². The van der Waals surface area contributed by atoms with Crippen molar-refractivity contribution in [3.8, 4) is 11.1 Å². The van der Waals surface area contributed by atoms with Crippen LogP contribution in [0.4, 0.5) is 5.95 Å². The maximum atomic E-state index is 13.0. The first-order chi connectivity index (χ1) is 16.5. The van der Waals surface area contributed by atoms with Gasteiger partial charge in [-0.2, -0.15) is 0 Å². The number of nitrogens with zero attached hydrogens (tertiary/aromatic N) is 2. The number of nitrogens with one attached hydrogen (secondary N) is 2. The molecule has 0 unspecified atom stereocenters. The zero-order valence-corrected chi connectivity index (χ0v) is 20.2. The third kappa shape index (κ3) is 4.48. The summed E-state index contributed by atoms with van der Waals surface area (Å²) in [6.07, 6.45) is 1.69. The lowest BCUT2D eigenvalue weighted by atomic mass is 9.96. The van der Waals surface area contributed by atoms with E-state index in [2.05, 4.69) is 41.5 Å². The molecule has 2 aromatic heterocycles. The smallest absolute Gasteiger partial charge is 0.270 e. The number of fused-ring (bicyclic) bond motifs is 1. The van der Waals surface area contributed by atoms with Crippen LogP contribution in [0, 0.1) is 12.8 Å². The fraction of sp³-hybridized carbons (Fsp3) is 0.296. The molecule has 34 heavy (non-hydrogen) atoms. The molecule has 1 aliphatic heterocycles. The lowest BCUT2D eigenvalue weighted by Gasteiger charge is -2.33. The first-order valence-corrected chi connectivity index (χ1v) is 12.6. The maximum absolute atomic E-state index is 13.0. The zero-order valence-electron chi connectivity index (χ0n) is 19.4. The normalized spacial score (nSPS) is 17.0. The number of aryl methyl sites for hydroxylation is 1. The molecular formula is C27H28N4O2S. The van der Waals surface area contributed by atoms with E-state index in [0.29, 0.717) is 17.2 Å².